The van der Waals surface area contributed by atoms with Crippen molar-refractivity contribution in [3.8, 4) is 0 Å². The number of nitrogens with one attached hydrogen (secondary N) is 1. The van der Waals surface area contributed by atoms with Crippen molar-refractivity contribution >= 4 is 11.7 Å². The number of aryl methyl sites for hydroxylation is 2. The second-order valence-corrected chi connectivity index (χ2v) is 6.43. The number of rotatable bonds is 4. The van der Waals surface area contributed by atoms with Crippen LogP contribution in [0.15, 0.2) is 24.3 Å². The van der Waals surface area contributed by atoms with Crippen molar-refractivity contribution in [2.75, 3.05) is 32.1 Å². The lowest BCUT2D eigenvalue weighted by Gasteiger charge is -2.35. The minimum absolute atomic E-state index is 0.0379. The number of hydrogen-bond donors (Lipinski definition) is 1. The van der Waals surface area contributed by atoms with Gasteiger partial charge in [0, 0.05) is 25.4 Å². The predicted octanol–water partition coefficient (Wildman–Crippen LogP) is 2.42. The van der Waals surface area contributed by atoms with Gasteiger partial charge in [0.15, 0.2) is 5.82 Å². The molecule has 1 N–H and O–H groups in total. The van der Waals surface area contributed by atoms with Gasteiger partial charge in [-0.1, -0.05) is 6.07 Å². The molecule has 138 valence electrons. The second-order valence-electron chi connectivity index (χ2n) is 6.43. The topological polar surface area (TPSA) is 67.4 Å². The van der Waals surface area contributed by atoms with Gasteiger partial charge in [0.1, 0.15) is 17.7 Å². The Labute approximate surface area is 152 Å². The summed E-state index contributed by atoms with van der Waals surface area (Å²) in [6, 6.07) is 6.02. The highest BCUT2D eigenvalue weighted by Crippen LogP contribution is 2.24. The molecule has 1 aliphatic heterocycles. The van der Waals surface area contributed by atoms with E-state index in [0.29, 0.717) is 31.4 Å². The zero-order valence-electron chi connectivity index (χ0n) is 15.3. The van der Waals surface area contributed by atoms with Crippen LogP contribution in [-0.4, -0.2) is 47.6 Å². The molecule has 1 atom stereocenters. The third-order valence-electron chi connectivity index (χ3n) is 4.52. The van der Waals surface area contributed by atoms with Crippen molar-refractivity contribution in [3.05, 3.63) is 52.7 Å². The molecule has 1 aliphatic rings. The molecule has 1 aromatic heterocycles. The van der Waals surface area contributed by atoms with Crippen LogP contribution in [0.1, 0.15) is 28.7 Å². The molecular weight excluding hydrogens is 335 g/mol. The molecule has 3 rings (SSSR count). The SMILES string of the molecule is CNc1cc(C)nc([C@H]2COCCN2C(=O)Cc2ccc(F)cc2C)n1. The lowest BCUT2D eigenvalue weighted by Crippen LogP contribution is -2.44. The van der Waals surface area contributed by atoms with Gasteiger partial charge >= 0.3 is 0 Å². The quantitative estimate of drug-likeness (QED) is 0.909. The maximum Gasteiger partial charge on any atom is 0.227 e. The summed E-state index contributed by atoms with van der Waals surface area (Å²) in [5.41, 5.74) is 2.42. The van der Waals surface area contributed by atoms with Crippen molar-refractivity contribution in [2.45, 2.75) is 26.3 Å². The van der Waals surface area contributed by atoms with Crippen LogP contribution < -0.4 is 5.32 Å². The summed E-state index contributed by atoms with van der Waals surface area (Å²) in [4.78, 5) is 23.7. The number of morpholine rings is 1. The molecule has 0 unspecified atom stereocenters. The first-order valence-corrected chi connectivity index (χ1v) is 8.63. The lowest BCUT2D eigenvalue weighted by molar-refractivity contribution is -0.139. The Kier molecular flexibility index (Phi) is 5.46. The maximum absolute atomic E-state index is 13.3. The number of nitrogens with zero attached hydrogens (tertiary/aromatic N) is 3. The lowest BCUT2D eigenvalue weighted by atomic mass is 10.0. The van der Waals surface area contributed by atoms with Gasteiger partial charge in [-0.2, -0.15) is 0 Å². The van der Waals surface area contributed by atoms with Gasteiger partial charge in [0.25, 0.3) is 0 Å². The molecule has 2 aromatic rings. The molecule has 0 saturated carbocycles. The normalized spacial score (nSPS) is 17.2. The summed E-state index contributed by atoms with van der Waals surface area (Å²) in [6.07, 6.45) is 0.216. The summed E-state index contributed by atoms with van der Waals surface area (Å²) in [5.74, 6) is 0.943. The third kappa shape index (κ3) is 3.99. The van der Waals surface area contributed by atoms with Gasteiger partial charge in [-0.25, -0.2) is 14.4 Å². The fourth-order valence-electron chi connectivity index (χ4n) is 3.11. The highest BCUT2D eigenvalue weighted by Gasteiger charge is 2.31. The molecule has 1 saturated heterocycles. The molecule has 0 bridgehead atoms. The zero-order valence-corrected chi connectivity index (χ0v) is 15.3. The second kappa shape index (κ2) is 7.78. The van der Waals surface area contributed by atoms with Crippen LogP contribution >= 0.6 is 0 Å². The first-order chi connectivity index (χ1) is 12.5. The Morgan fingerprint density at radius 3 is 2.88 bits per heavy atom. The highest BCUT2D eigenvalue weighted by atomic mass is 19.1. The zero-order chi connectivity index (χ0) is 18.7. The Morgan fingerprint density at radius 2 is 2.15 bits per heavy atom. The summed E-state index contributed by atoms with van der Waals surface area (Å²) >= 11 is 0. The number of ether oxygens (including phenoxy) is 1. The number of carbonyl (C=O) groups is 1. The number of benzene rings is 1. The summed E-state index contributed by atoms with van der Waals surface area (Å²) in [5, 5.41) is 3.01. The van der Waals surface area contributed by atoms with E-state index < -0.39 is 0 Å². The molecule has 2 heterocycles. The third-order valence-corrected chi connectivity index (χ3v) is 4.52. The minimum atomic E-state index is -0.330. The number of halogens is 1. The van der Waals surface area contributed by atoms with E-state index in [-0.39, 0.29) is 24.2 Å². The van der Waals surface area contributed by atoms with E-state index in [9.17, 15) is 9.18 Å². The van der Waals surface area contributed by atoms with Gasteiger partial charge in [0.2, 0.25) is 5.91 Å². The van der Waals surface area contributed by atoms with Crippen LogP contribution in [0.5, 0.6) is 0 Å². The molecule has 0 spiro atoms. The number of carbonyl (C=O) groups excluding carboxylic acids is 1. The minimum Gasteiger partial charge on any atom is -0.377 e. The first kappa shape index (κ1) is 18.3. The van der Waals surface area contributed by atoms with Crippen LogP contribution in [0.3, 0.4) is 0 Å². The van der Waals surface area contributed by atoms with Crippen LogP contribution in [0.4, 0.5) is 10.2 Å². The predicted molar refractivity (Wildman–Crippen MR) is 96.4 cm³/mol. The van der Waals surface area contributed by atoms with Gasteiger partial charge < -0.3 is 15.0 Å². The van der Waals surface area contributed by atoms with E-state index in [4.69, 9.17) is 4.74 Å². The fourth-order valence-corrected chi connectivity index (χ4v) is 3.11. The number of hydrogen-bond acceptors (Lipinski definition) is 5. The molecule has 1 aromatic carbocycles. The number of amides is 1. The van der Waals surface area contributed by atoms with Crippen LogP contribution in [-0.2, 0) is 16.0 Å². The van der Waals surface area contributed by atoms with E-state index in [1.165, 1.54) is 12.1 Å². The molecule has 1 fully saturated rings. The average Bonchev–Trinajstić information content (AvgIpc) is 2.63. The summed E-state index contributed by atoms with van der Waals surface area (Å²) in [7, 11) is 1.79. The van der Waals surface area contributed by atoms with E-state index in [1.54, 1.807) is 18.0 Å². The molecule has 6 nitrogen and oxygen atoms in total. The molecule has 7 heteroatoms. The molecule has 1 amide bonds. The Bertz CT molecular complexity index is 812. The Morgan fingerprint density at radius 1 is 1.35 bits per heavy atom. The van der Waals surface area contributed by atoms with E-state index in [0.717, 1.165) is 16.8 Å². The van der Waals surface area contributed by atoms with Crippen LogP contribution in [0.25, 0.3) is 0 Å². The highest BCUT2D eigenvalue weighted by molar-refractivity contribution is 5.79. The van der Waals surface area contributed by atoms with Gasteiger partial charge in [-0.15, -0.1) is 0 Å². The van der Waals surface area contributed by atoms with Crippen molar-refractivity contribution in [3.63, 3.8) is 0 Å². The van der Waals surface area contributed by atoms with E-state index >= 15 is 0 Å². The smallest absolute Gasteiger partial charge is 0.227 e. The monoisotopic (exact) mass is 358 g/mol. The molecular formula is C19H23FN4O2. The number of anilines is 1. The fraction of sp³-hybridized carbons (Fsp3) is 0.421. The number of aromatic nitrogens is 2. The van der Waals surface area contributed by atoms with Crippen LogP contribution in [0.2, 0.25) is 0 Å². The van der Waals surface area contributed by atoms with Crippen molar-refractivity contribution in [2.24, 2.45) is 0 Å². The largest absolute Gasteiger partial charge is 0.377 e. The van der Waals surface area contributed by atoms with Gasteiger partial charge in [-0.05, 0) is 37.1 Å². The van der Waals surface area contributed by atoms with Gasteiger partial charge in [0.05, 0.1) is 19.6 Å². The molecule has 0 radical (unpaired) electrons. The Hall–Kier alpha value is -2.54. The first-order valence-electron chi connectivity index (χ1n) is 8.63. The standard InChI is InChI=1S/C19H23FN4O2/c1-12-8-15(20)5-4-14(12)10-18(25)24-6-7-26-11-16(24)19-22-13(2)9-17(21-3)23-19/h4-5,8-9,16H,6-7,10-11H2,1-3H3,(H,21,22,23)/t16-/m1/s1. The summed E-state index contributed by atoms with van der Waals surface area (Å²) < 4.78 is 18.9. The van der Waals surface area contributed by atoms with Crippen molar-refractivity contribution in [1.29, 1.82) is 0 Å². The average molecular weight is 358 g/mol. The van der Waals surface area contributed by atoms with Crippen LogP contribution in [0, 0.1) is 19.7 Å². The van der Waals surface area contributed by atoms with E-state index in [1.807, 2.05) is 19.9 Å². The summed E-state index contributed by atoms with van der Waals surface area (Å²) in [6.45, 7) is 5.03. The van der Waals surface area contributed by atoms with E-state index in [2.05, 4.69) is 15.3 Å². The van der Waals surface area contributed by atoms with Gasteiger partial charge in [-0.3, -0.25) is 4.79 Å². The molecule has 26 heavy (non-hydrogen) atoms. The molecule has 0 aliphatic carbocycles. The van der Waals surface area contributed by atoms with Crippen molar-refractivity contribution in [1.82, 2.24) is 14.9 Å². The Balaban J connectivity index is 1.84. The van der Waals surface area contributed by atoms with Crippen molar-refractivity contribution < 1.29 is 13.9 Å². The maximum atomic E-state index is 13.3.